The van der Waals surface area contributed by atoms with Crippen molar-refractivity contribution in [1.82, 2.24) is 4.72 Å². The number of alkyl halides is 1. The summed E-state index contributed by atoms with van der Waals surface area (Å²) < 4.78 is 26.4. The van der Waals surface area contributed by atoms with Crippen molar-refractivity contribution in [3.8, 4) is 0 Å². The maximum Gasteiger partial charge on any atom is 0.214 e. The maximum absolute atomic E-state index is 11.6. The molecule has 0 aromatic rings. The molecule has 2 rings (SSSR count). The van der Waals surface area contributed by atoms with Crippen LogP contribution in [0.2, 0.25) is 0 Å². The highest BCUT2D eigenvalue weighted by molar-refractivity contribution is 14.1. The highest BCUT2D eigenvalue weighted by Crippen LogP contribution is 2.30. The van der Waals surface area contributed by atoms with E-state index in [1.54, 1.807) is 0 Å². The van der Waals surface area contributed by atoms with E-state index in [0.717, 1.165) is 25.7 Å². The van der Waals surface area contributed by atoms with Gasteiger partial charge in [0, 0.05) is 16.0 Å². The third kappa shape index (κ3) is 2.40. The van der Waals surface area contributed by atoms with Crippen LogP contribution in [0.25, 0.3) is 0 Å². The van der Waals surface area contributed by atoms with Crippen molar-refractivity contribution in [2.45, 2.75) is 46.9 Å². The Labute approximate surface area is 98.2 Å². The topological polar surface area (TPSA) is 72.2 Å². The molecule has 2 aliphatic rings. The van der Waals surface area contributed by atoms with Gasteiger partial charge < -0.3 is 5.73 Å². The molecule has 0 aromatic carbocycles. The molecular formula is C8H15IN2O2S. The molecule has 0 bridgehead atoms. The Morgan fingerprint density at radius 3 is 2.36 bits per heavy atom. The monoisotopic (exact) mass is 330 g/mol. The van der Waals surface area contributed by atoms with Gasteiger partial charge in [-0.3, -0.25) is 0 Å². The van der Waals surface area contributed by atoms with E-state index in [1.807, 2.05) is 0 Å². The van der Waals surface area contributed by atoms with Gasteiger partial charge in [0.1, 0.15) is 0 Å². The van der Waals surface area contributed by atoms with Crippen LogP contribution in [-0.2, 0) is 10.0 Å². The molecule has 0 radical (unpaired) electrons. The Kier molecular flexibility index (Phi) is 3.07. The van der Waals surface area contributed by atoms with Gasteiger partial charge in [0.05, 0.1) is 5.25 Å². The minimum Gasteiger partial charge on any atom is -0.327 e. The van der Waals surface area contributed by atoms with E-state index in [0.29, 0.717) is 3.92 Å². The second-order valence-electron chi connectivity index (χ2n) is 4.21. The third-order valence-electron chi connectivity index (χ3n) is 2.83. The SMILES string of the molecule is N[C@H]1C[C@@H](NS(=O)(=O)C2CC2)C[C@H]1I. The molecular weight excluding hydrogens is 315 g/mol. The Morgan fingerprint density at radius 1 is 1.29 bits per heavy atom. The summed E-state index contributed by atoms with van der Waals surface area (Å²) >= 11 is 2.30. The molecule has 3 atom stereocenters. The molecule has 0 aliphatic heterocycles. The van der Waals surface area contributed by atoms with Crippen molar-refractivity contribution >= 4 is 32.6 Å². The molecule has 0 heterocycles. The van der Waals surface area contributed by atoms with Gasteiger partial charge in [0.2, 0.25) is 10.0 Å². The molecule has 14 heavy (non-hydrogen) atoms. The number of nitrogens with two attached hydrogens (primary N) is 1. The fraction of sp³-hybridized carbons (Fsp3) is 1.00. The summed E-state index contributed by atoms with van der Waals surface area (Å²) in [7, 11) is -3.03. The summed E-state index contributed by atoms with van der Waals surface area (Å²) in [6.45, 7) is 0. The van der Waals surface area contributed by atoms with Crippen LogP contribution in [0.15, 0.2) is 0 Å². The van der Waals surface area contributed by atoms with E-state index < -0.39 is 10.0 Å². The largest absolute Gasteiger partial charge is 0.327 e. The molecule has 2 aliphatic carbocycles. The lowest BCUT2D eigenvalue weighted by Crippen LogP contribution is -2.36. The fourth-order valence-corrected chi connectivity index (χ4v) is 4.34. The van der Waals surface area contributed by atoms with Crippen molar-refractivity contribution in [2.24, 2.45) is 5.73 Å². The Bertz CT molecular complexity index is 305. The Hall–Kier alpha value is 0.600. The highest BCUT2D eigenvalue weighted by Gasteiger charge is 2.39. The zero-order valence-corrected chi connectivity index (χ0v) is 10.8. The van der Waals surface area contributed by atoms with E-state index in [-0.39, 0.29) is 17.3 Å². The first-order chi connectivity index (χ1) is 6.49. The van der Waals surface area contributed by atoms with Crippen molar-refractivity contribution in [2.75, 3.05) is 0 Å². The zero-order valence-electron chi connectivity index (χ0n) is 7.82. The van der Waals surface area contributed by atoms with Gasteiger partial charge in [0.25, 0.3) is 0 Å². The Morgan fingerprint density at radius 2 is 1.93 bits per heavy atom. The Balaban J connectivity index is 1.92. The second kappa shape index (κ2) is 3.88. The molecule has 2 fully saturated rings. The first kappa shape index (κ1) is 11.1. The molecule has 0 saturated heterocycles. The summed E-state index contributed by atoms with van der Waals surface area (Å²) in [5, 5.41) is -0.119. The third-order valence-corrected chi connectivity index (χ3v) is 6.27. The number of hydrogen-bond donors (Lipinski definition) is 2. The van der Waals surface area contributed by atoms with Gasteiger partial charge >= 0.3 is 0 Å². The highest BCUT2D eigenvalue weighted by atomic mass is 127. The summed E-state index contributed by atoms with van der Waals surface area (Å²) in [5.41, 5.74) is 5.84. The summed E-state index contributed by atoms with van der Waals surface area (Å²) in [5.74, 6) is 0. The van der Waals surface area contributed by atoms with Gasteiger partial charge in [-0.25, -0.2) is 13.1 Å². The molecule has 4 nitrogen and oxygen atoms in total. The van der Waals surface area contributed by atoms with Crippen LogP contribution in [0, 0.1) is 0 Å². The lowest BCUT2D eigenvalue weighted by molar-refractivity contribution is 0.547. The summed E-state index contributed by atoms with van der Waals surface area (Å²) in [6, 6.07) is 0.208. The second-order valence-corrected chi connectivity index (χ2v) is 7.80. The smallest absolute Gasteiger partial charge is 0.214 e. The fourth-order valence-electron chi connectivity index (χ4n) is 1.82. The zero-order chi connectivity index (χ0) is 10.3. The van der Waals surface area contributed by atoms with E-state index in [1.165, 1.54) is 0 Å². The van der Waals surface area contributed by atoms with Crippen molar-refractivity contribution in [3.05, 3.63) is 0 Å². The van der Waals surface area contributed by atoms with Crippen molar-refractivity contribution in [3.63, 3.8) is 0 Å². The summed E-state index contributed by atoms with van der Waals surface area (Å²) in [4.78, 5) is 0. The number of sulfonamides is 1. The van der Waals surface area contributed by atoms with Gasteiger partial charge in [-0.15, -0.1) is 0 Å². The number of nitrogens with one attached hydrogen (secondary N) is 1. The summed E-state index contributed by atoms with van der Waals surface area (Å²) in [6.07, 6.45) is 3.29. The molecule has 0 unspecified atom stereocenters. The van der Waals surface area contributed by atoms with Crippen molar-refractivity contribution in [1.29, 1.82) is 0 Å². The van der Waals surface area contributed by atoms with Gasteiger partial charge in [-0.1, -0.05) is 22.6 Å². The first-order valence-corrected chi connectivity index (χ1v) is 7.69. The van der Waals surface area contributed by atoms with Crippen molar-refractivity contribution < 1.29 is 8.42 Å². The van der Waals surface area contributed by atoms with Crippen LogP contribution < -0.4 is 10.5 Å². The minimum absolute atomic E-state index is 0.0671. The predicted molar refractivity (Wildman–Crippen MR) is 63.9 cm³/mol. The van der Waals surface area contributed by atoms with E-state index in [2.05, 4.69) is 27.3 Å². The normalized spacial score (nSPS) is 38.9. The molecule has 6 heteroatoms. The van der Waals surface area contributed by atoms with Crippen LogP contribution in [0.5, 0.6) is 0 Å². The average molecular weight is 330 g/mol. The molecule has 0 amide bonds. The van der Waals surface area contributed by atoms with E-state index in [4.69, 9.17) is 5.73 Å². The molecule has 3 N–H and O–H groups in total. The lowest BCUT2D eigenvalue weighted by Gasteiger charge is -2.11. The van der Waals surface area contributed by atoms with Crippen LogP contribution in [0.4, 0.5) is 0 Å². The standard InChI is InChI=1S/C8H15IN2O2S/c9-7-3-5(4-8(7)10)11-14(12,13)6-1-2-6/h5-8,11H,1-4,10H2/t5-,7+,8-/m0/s1. The first-order valence-electron chi connectivity index (χ1n) is 4.90. The van der Waals surface area contributed by atoms with Gasteiger partial charge in [0.15, 0.2) is 0 Å². The number of rotatable bonds is 3. The van der Waals surface area contributed by atoms with Gasteiger partial charge in [-0.2, -0.15) is 0 Å². The predicted octanol–water partition coefficient (Wildman–Crippen LogP) is 0.361. The van der Waals surface area contributed by atoms with Crippen LogP contribution in [-0.4, -0.2) is 29.7 Å². The maximum atomic E-state index is 11.6. The lowest BCUT2D eigenvalue weighted by atomic mass is 10.2. The quantitative estimate of drug-likeness (QED) is 0.580. The average Bonchev–Trinajstić information content (AvgIpc) is 2.81. The molecule has 0 aromatic heterocycles. The van der Waals surface area contributed by atoms with Gasteiger partial charge in [-0.05, 0) is 25.7 Å². The molecule has 0 spiro atoms. The molecule has 2 saturated carbocycles. The van der Waals surface area contributed by atoms with Crippen LogP contribution in [0.1, 0.15) is 25.7 Å². The molecule has 82 valence electrons. The number of halogens is 1. The number of hydrogen-bond acceptors (Lipinski definition) is 3. The van der Waals surface area contributed by atoms with Crippen LogP contribution in [0.3, 0.4) is 0 Å². The minimum atomic E-state index is -3.03. The van der Waals surface area contributed by atoms with E-state index in [9.17, 15) is 8.42 Å². The van der Waals surface area contributed by atoms with E-state index >= 15 is 0 Å². The van der Waals surface area contributed by atoms with Crippen LogP contribution >= 0.6 is 22.6 Å².